The topological polar surface area (TPSA) is 55.8 Å². The summed E-state index contributed by atoms with van der Waals surface area (Å²) < 4.78 is 23.8. The minimum Gasteiger partial charge on any atom is -0.454 e. The van der Waals surface area contributed by atoms with Crippen molar-refractivity contribution >= 4 is 23.6 Å². The van der Waals surface area contributed by atoms with Gasteiger partial charge in [-0.2, -0.15) is 0 Å². The fourth-order valence-corrected chi connectivity index (χ4v) is 2.77. The molecule has 4 rings (SSSR count). The van der Waals surface area contributed by atoms with Crippen LogP contribution in [0.15, 0.2) is 48.0 Å². The lowest BCUT2D eigenvalue weighted by Crippen LogP contribution is -2.28. The number of hydrogen-bond donors (Lipinski definition) is 0. The fraction of sp³-hybridized carbons (Fsp3) is 0.111. The second-order valence-corrected chi connectivity index (χ2v) is 5.47. The van der Waals surface area contributed by atoms with Gasteiger partial charge in [-0.15, -0.1) is 0 Å². The summed E-state index contributed by atoms with van der Waals surface area (Å²) in [5.74, 6) is -0.0672. The third-order valence-electron chi connectivity index (χ3n) is 3.87. The van der Waals surface area contributed by atoms with E-state index in [0.717, 1.165) is 4.90 Å². The van der Waals surface area contributed by atoms with Crippen LogP contribution in [-0.4, -0.2) is 18.6 Å². The Bertz CT molecular complexity index is 890. The smallest absolute Gasteiger partial charge is 0.261 e. The summed E-state index contributed by atoms with van der Waals surface area (Å²) in [4.78, 5) is 26.0. The predicted octanol–water partition coefficient (Wildman–Crippen LogP) is 2.90. The first-order valence-electron chi connectivity index (χ1n) is 7.35. The summed E-state index contributed by atoms with van der Waals surface area (Å²) in [5.41, 5.74) is 1.29. The first-order valence-corrected chi connectivity index (χ1v) is 7.35. The van der Waals surface area contributed by atoms with Crippen molar-refractivity contribution in [3.05, 3.63) is 59.4 Å². The van der Waals surface area contributed by atoms with Gasteiger partial charge in [-0.1, -0.05) is 12.1 Å². The highest BCUT2D eigenvalue weighted by atomic mass is 19.1. The highest BCUT2D eigenvalue weighted by Crippen LogP contribution is 2.37. The molecule has 2 aliphatic heterocycles. The number of amides is 2. The van der Waals surface area contributed by atoms with Crippen molar-refractivity contribution in [3.8, 4) is 11.5 Å². The van der Waals surface area contributed by atoms with E-state index in [2.05, 4.69) is 0 Å². The largest absolute Gasteiger partial charge is 0.454 e. The van der Waals surface area contributed by atoms with Crippen LogP contribution < -0.4 is 14.4 Å². The molecule has 0 atom stereocenters. The molecule has 0 radical (unpaired) electrons. The zero-order valence-corrected chi connectivity index (χ0v) is 12.5. The fourth-order valence-electron chi connectivity index (χ4n) is 2.77. The molecule has 1 fully saturated rings. The maximum Gasteiger partial charge on any atom is 0.261 e. The molecule has 2 heterocycles. The first kappa shape index (κ1) is 14.4. The van der Waals surface area contributed by atoms with Crippen LogP contribution in [0.5, 0.6) is 11.5 Å². The van der Waals surface area contributed by atoms with Crippen LogP contribution in [0, 0.1) is 5.82 Å². The zero-order valence-electron chi connectivity index (χ0n) is 12.5. The Kier molecular flexibility index (Phi) is 3.30. The van der Waals surface area contributed by atoms with E-state index >= 15 is 0 Å². The number of benzene rings is 2. The third kappa shape index (κ3) is 2.42. The number of fused-ring (bicyclic) bond motifs is 1. The summed E-state index contributed by atoms with van der Waals surface area (Å²) in [5, 5.41) is 0. The van der Waals surface area contributed by atoms with Gasteiger partial charge in [0.1, 0.15) is 5.82 Å². The number of anilines is 1. The molecule has 24 heavy (non-hydrogen) atoms. The maximum atomic E-state index is 13.3. The van der Waals surface area contributed by atoms with Crippen molar-refractivity contribution in [1.82, 2.24) is 0 Å². The van der Waals surface area contributed by atoms with E-state index in [1.165, 1.54) is 18.2 Å². The maximum absolute atomic E-state index is 13.3. The molecule has 0 aromatic heterocycles. The molecule has 0 saturated carbocycles. The van der Waals surface area contributed by atoms with Crippen molar-refractivity contribution < 1.29 is 23.5 Å². The monoisotopic (exact) mass is 325 g/mol. The summed E-state index contributed by atoms with van der Waals surface area (Å²) >= 11 is 0. The SMILES string of the molecule is O=C1C/C(=C\c2cccc(F)c2)C(=O)N1c1ccc2c(c1)OCO2. The quantitative estimate of drug-likeness (QED) is 0.629. The highest BCUT2D eigenvalue weighted by molar-refractivity contribution is 6.29. The van der Waals surface area contributed by atoms with E-state index in [-0.39, 0.29) is 19.1 Å². The molecule has 6 heteroatoms. The molecule has 0 spiro atoms. The van der Waals surface area contributed by atoms with Crippen LogP contribution in [0.2, 0.25) is 0 Å². The van der Waals surface area contributed by atoms with E-state index in [9.17, 15) is 14.0 Å². The van der Waals surface area contributed by atoms with Crippen molar-refractivity contribution in [2.45, 2.75) is 6.42 Å². The number of ether oxygens (including phenoxy) is 2. The molecule has 0 bridgehead atoms. The van der Waals surface area contributed by atoms with Crippen LogP contribution in [0.3, 0.4) is 0 Å². The van der Waals surface area contributed by atoms with Gasteiger partial charge in [0.05, 0.1) is 12.1 Å². The van der Waals surface area contributed by atoms with E-state index in [4.69, 9.17) is 9.47 Å². The average Bonchev–Trinajstić information content (AvgIpc) is 3.12. The molecule has 5 nitrogen and oxygen atoms in total. The number of imide groups is 1. The summed E-state index contributed by atoms with van der Waals surface area (Å²) in [6, 6.07) is 10.8. The first-order chi connectivity index (χ1) is 11.6. The van der Waals surface area contributed by atoms with Gasteiger partial charge < -0.3 is 9.47 Å². The molecule has 0 aliphatic carbocycles. The standard InChI is InChI=1S/C18H12FNO4/c19-13-3-1-2-11(7-13)6-12-8-17(21)20(18(12)22)14-4-5-15-16(9-14)24-10-23-15/h1-7,9H,8,10H2/b12-6+. The van der Waals surface area contributed by atoms with Gasteiger partial charge in [0.25, 0.3) is 5.91 Å². The molecule has 120 valence electrons. The second-order valence-electron chi connectivity index (χ2n) is 5.47. The van der Waals surface area contributed by atoms with Crippen LogP contribution in [0.25, 0.3) is 6.08 Å². The normalized spacial score (nSPS) is 17.9. The van der Waals surface area contributed by atoms with Gasteiger partial charge in [-0.25, -0.2) is 9.29 Å². The Labute approximate surface area is 136 Å². The third-order valence-corrected chi connectivity index (χ3v) is 3.87. The van der Waals surface area contributed by atoms with E-state index < -0.39 is 11.7 Å². The van der Waals surface area contributed by atoms with E-state index in [0.29, 0.717) is 28.3 Å². The Hall–Kier alpha value is -3.15. The zero-order chi connectivity index (χ0) is 16.7. The van der Waals surface area contributed by atoms with Gasteiger partial charge in [-0.3, -0.25) is 9.59 Å². The number of hydrogen-bond acceptors (Lipinski definition) is 4. The number of rotatable bonds is 2. The van der Waals surface area contributed by atoms with Crippen molar-refractivity contribution in [3.63, 3.8) is 0 Å². The second kappa shape index (κ2) is 5.49. The van der Waals surface area contributed by atoms with Crippen molar-refractivity contribution in [2.24, 2.45) is 0 Å². The summed E-state index contributed by atoms with van der Waals surface area (Å²) in [6.45, 7) is 0.116. The van der Waals surface area contributed by atoms with Gasteiger partial charge in [-0.05, 0) is 35.9 Å². The molecule has 2 aliphatic rings. The lowest BCUT2D eigenvalue weighted by atomic mass is 10.1. The number of halogens is 1. The molecular weight excluding hydrogens is 313 g/mol. The predicted molar refractivity (Wildman–Crippen MR) is 84.1 cm³/mol. The molecule has 2 aromatic carbocycles. The van der Waals surface area contributed by atoms with Gasteiger partial charge >= 0.3 is 0 Å². The average molecular weight is 325 g/mol. The van der Waals surface area contributed by atoms with Crippen LogP contribution >= 0.6 is 0 Å². The number of nitrogens with zero attached hydrogens (tertiary/aromatic N) is 1. The van der Waals surface area contributed by atoms with E-state index in [1.54, 1.807) is 30.3 Å². The molecule has 0 N–H and O–H groups in total. The molecule has 0 unspecified atom stereocenters. The van der Waals surface area contributed by atoms with Crippen LogP contribution in [0.1, 0.15) is 12.0 Å². The number of carbonyl (C=O) groups is 2. The molecule has 1 saturated heterocycles. The van der Waals surface area contributed by atoms with Crippen molar-refractivity contribution in [1.29, 1.82) is 0 Å². The van der Waals surface area contributed by atoms with Gasteiger partial charge in [0.15, 0.2) is 11.5 Å². The van der Waals surface area contributed by atoms with Gasteiger partial charge in [0.2, 0.25) is 12.7 Å². The summed E-state index contributed by atoms with van der Waals surface area (Å²) in [6.07, 6.45) is 1.51. The highest BCUT2D eigenvalue weighted by Gasteiger charge is 2.35. The lowest BCUT2D eigenvalue weighted by Gasteiger charge is -2.13. The summed E-state index contributed by atoms with van der Waals surface area (Å²) in [7, 11) is 0. The Morgan fingerprint density at radius 1 is 1.04 bits per heavy atom. The van der Waals surface area contributed by atoms with Crippen LogP contribution in [-0.2, 0) is 9.59 Å². The minimum atomic E-state index is -0.414. The molecular formula is C18H12FNO4. The van der Waals surface area contributed by atoms with E-state index in [1.807, 2.05) is 0 Å². The molecule has 2 aromatic rings. The minimum absolute atomic E-state index is 0.0240. The lowest BCUT2D eigenvalue weighted by molar-refractivity contribution is -0.120. The number of carbonyl (C=O) groups excluding carboxylic acids is 2. The molecule has 2 amide bonds. The Morgan fingerprint density at radius 2 is 1.88 bits per heavy atom. The van der Waals surface area contributed by atoms with Crippen LogP contribution in [0.4, 0.5) is 10.1 Å². The Balaban J connectivity index is 1.66. The van der Waals surface area contributed by atoms with Crippen molar-refractivity contribution in [2.75, 3.05) is 11.7 Å². The van der Waals surface area contributed by atoms with Gasteiger partial charge in [0, 0.05) is 11.6 Å². The Morgan fingerprint density at radius 3 is 2.71 bits per heavy atom.